The average Bonchev–Trinajstić information content (AvgIpc) is 2.55. The van der Waals surface area contributed by atoms with Crippen LogP contribution in [0.5, 0.6) is 5.75 Å². The Morgan fingerprint density at radius 1 is 1.12 bits per heavy atom. The summed E-state index contributed by atoms with van der Waals surface area (Å²) in [7, 11) is 1.50. The molecule has 2 aromatic carbocycles. The molecule has 7 heteroatoms. The molecule has 1 N–H and O–H groups in total. The molecule has 0 bridgehead atoms. The fraction of sp³-hybridized carbons (Fsp3) is 0.0588. The van der Waals surface area contributed by atoms with Crippen LogP contribution in [0.15, 0.2) is 51.7 Å². The molecule has 0 saturated carbocycles. The Morgan fingerprint density at radius 2 is 1.92 bits per heavy atom. The van der Waals surface area contributed by atoms with Gasteiger partial charge < -0.3 is 14.5 Å². The summed E-state index contributed by atoms with van der Waals surface area (Å²) in [6, 6.07) is 10.5. The van der Waals surface area contributed by atoms with Gasteiger partial charge in [-0.2, -0.15) is 0 Å². The first-order valence-corrected chi connectivity index (χ1v) is 7.62. The van der Waals surface area contributed by atoms with Crippen molar-refractivity contribution in [2.24, 2.45) is 0 Å². The highest BCUT2D eigenvalue weighted by Gasteiger charge is 2.13. The summed E-state index contributed by atoms with van der Waals surface area (Å²) >= 11 is 11.9. The van der Waals surface area contributed by atoms with Crippen LogP contribution < -0.4 is 15.5 Å². The molecule has 0 fully saturated rings. The number of nitrogens with one attached hydrogen (secondary N) is 1. The topological polar surface area (TPSA) is 68.5 Å². The van der Waals surface area contributed by atoms with E-state index >= 15 is 0 Å². The van der Waals surface area contributed by atoms with Crippen molar-refractivity contribution < 1.29 is 13.9 Å². The average molecular weight is 364 g/mol. The molecule has 0 atom stereocenters. The summed E-state index contributed by atoms with van der Waals surface area (Å²) in [4.78, 5) is 24.4. The minimum Gasteiger partial charge on any atom is -0.495 e. The standard InChI is InChI=1S/C17H11Cl2NO4/c1-23-15-5-3-10(7-12(15)19)20-17(22)16-8-13(21)11-6-9(18)2-4-14(11)24-16/h2-8H,1H3,(H,20,22). The zero-order chi connectivity index (χ0) is 17.3. The molecular formula is C17H11Cl2NO4. The van der Waals surface area contributed by atoms with E-state index in [1.807, 2.05) is 0 Å². The normalized spacial score (nSPS) is 10.6. The molecule has 0 aliphatic carbocycles. The van der Waals surface area contributed by atoms with Crippen molar-refractivity contribution >= 4 is 45.8 Å². The smallest absolute Gasteiger partial charge is 0.291 e. The van der Waals surface area contributed by atoms with E-state index in [2.05, 4.69) is 5.32 Å². The van der Waals surface area contributed by atoms with Gasteiger partial charge in [-0.15, -0.1) is 0 Å². The lowest BCUT2D eigenvalue weighted by Crippen LogP contribution is -2.15. The monoisotopic (exact) mass is 363 g/mol. The summed E-state index contributed by atoms with van der Waals surface area (Å²) < 4.78 is 10.5. The van der Waals surface area contributed by atoms with E-state index in [9.17, 15) is 9.59 Å². The third-order valence-electron chi connectivity index (χ3n) is 3.32. The van der Waals surface area contributed by atoms with Crippen LogP contribution in [-0.4, -0.2) is 13.0 Å². The Morgan fingerprint density at radius 3 is 2.62 bits per heavy atom. The third-order valence-corrected chi connectivity index (χ3v) is 3.85. The van der Waals surface area contributed by atoms with Crippen LogP contribution in [0, 0.1) is 0 Å². The highest BCUT2D eigenvalue weighted by molar-refractivity contribution is 6.32. The summed E-state index contributed by atoms with van der Waals surface area (Å²) in [6.45, 7) is 0. The van der Waals surface area contributed by atoms with Crippen LogP contribution in [0.4, 0.5) is 5.69 Å². The minimum absolute atomic E-state index is 0.109. The second-order valence-electron chi connectivity index (χ2n) is 4.92. The first kappa shape index (κ1) is 16.4. The van der Waals surface area contributed by atoms with E-state index < -0.39 is 5.91 Å². The zero-order valence-electron chi connectivity index (χ0n) is 12.4. The molecule has 0 aliphatic heterocycles. The van der Waals surface area contributed by atoms with Crippen LogP contribution in [0.3, 0.4) is 0 Å². The van der Waals surface area contributed by atoms with Gasteiger partial charge in [-0.3, -0.25) is 9.59 Å². The van der Waals surface area contributed by atoms with Crippen LogP contribution in [0.1, 0.15) is 10.6 Å². The van der Waals surface area contributed by atoms with Crippen molar-refractivity contribution in [2.45, 2.75) is 0 Å². The zero-order valence-corrected chi connectivity index (χ0v) is 13.9. The molecule has 122 valence electrons. The van der Waals surface area contributed by atoms with Crippen molar-refractivity contribution in [1.82, 2.24) is 0 Å². The molecule has 0 unspecified atom stereocenters. The first-order valence-electron chi connectivity index (χ1n) is 6.86. The van der Waals surface area contributed by atoms with Gasteiger partial charge in [0.1, 0.15) is 11.3 Å². The van der Waals surface area contributed by atoms with Gasteiger partial charge in [0, 0.05) is 16.8 Å². The lowest BCUT2D eigenvalue weighted by Gasteiger charge is -2.08. The number of halogens is 2. The van der Waals surface area contributed by atoms with E-state index in [-0.39, 0.29) is 16.8 Å². The molecule has 0 aliphatic rings. The van der Waals surface area contributed by atoms with Crippen molar-refractivity contribution in [3.05, 3.63) is 68.5 Å². The fourth-order valence-corrected chi connectivity index (χ4v) is 2.61. The van der Waals surface area contributed by atoms with Gasteiger partial charge in [0.05, 0.1) is 17.5 Å². The maximum atomic E-state index is 12.3. The Labute approximate surface area is 146 Å². The fourth-order valence-electron chi connectivity index (χ4n) is 2.18. The number of methoxy groups -OCH3 is 1. The maximum Gasteiger partial charge on any atom is 0.291 e. The Bertz CT molecular complexity index is 998. The third kappa shape index (κ3) is 3.22. The highest BCUT2D eigenvalue weighted by atomic mass is 35.5. The molecular weight excluding hydrogens is 353 g/mol. The molecule has 0 saturated heterocycles. The predicted molar refractivity (Wildman–Crippen MR) is 93.5 cm³/mol. The van der Waals surface area contributed by atoms with Crippen LogP contribution in [0.2, 0.25) is 10.0 Å². The second kappa shape index (κ2) is 6.55. The Balaban J connectivity index is 1.93. The number of carbonyl (C=O) groups excluding carboxylic acids is 1. The summed E-state index contributed by atoms with van der Waals surface area (Å²) in [5.41, 5.74) is 0.381. The number of anilines is 1. The van der Waals surface area contributed by atoms with Crippen LogP contribution in [0.25, 0.3) is 11.0 Å². The van der Waals surface area contributed by atoms with Crippen LogP contribution >= 0.6 is 23.2 Å². The number of ether oxygens (including phenoxy) is 1. The van der Waals surface area contributed by atoms with Crippen LogP contribution in [-0.2, 0) is 0 Å². The van der Waals surface area contributed by atoms with Gasteiger partial charge in [0.25, 0.3) is 5.91 Å². The van der Waals surface area contributed by atoms with Crippen molar-refractivity contribution in [3.8, 4) is 5.75 Å². The SMILES string of the molecule is COc1ccc(NC(=O)c2cc(=O)c3cc(Cl)ccc3o2)cc1Cl. The maximum absolute atomic E-state index is 12.3. The Kier molecular flexibility index (Phi) is 4.46. The number of amides is 1. The van der Waals surface area contributed by atoms with E-state index in [1.54, 1.807) is 24.3 Å². The van der Waals surface area contributed by atoms with Gasteiger partial charge in [0.15, 0.2) is 11.2 Å². The van der Waals surface area contributed by atoms with E-state index in [0.29, 0.717) is 26.9 Å². The number of benzene rings is 2. The summed E-state index contributed by atoms with van der Waals surface area (Å²) in [6.07, 6.45) is 0. The van der Waals surface area contributed by atoms with E-state index in [4.69, 9.17) is 32.4 Å². The number of hydrogen-bond acceptors (Lipinski definition) is 4. The van der Waals surface area contributed by atoms with E-state index in [1.165, 1.54) is 19.2 Å². The second-order valence-corrected chi connectivity index (χ2v) is 5.76. The first-order chi connectivity index (χ1) is 11.5. The molecule has 1 aromatic heterocycles. The Hall–Kier alpha value is -2.50. The molecule has 0 spiro atoms. The number of fused-ring (bicyclic) bond motifs is 1. The molecule has 1 amide bonds. The van der Waals surface area contributed by atoms with E-state index in [0.717, 1.165) is 6.07 Å². The quantitative estimate of drug-likeness (QED) is 0.750. The van der Waals surface area contributed by atoms with Gasteiger partial charge in [-0.05, 0) is 36.4 Å². The van der Waals surface area contributed by atoms with Gasteiger partial charge in [-0.25, -0.2) is 0 Å². The number of rotatable bonds is 3. The van der Waals surface area contributed by atoms with Crippen molar-refractivity contribution in [1.29, 1.82) is 0 Å². The minimum atomic E-state index is -0.565. The number of carbonyl (C=O) groups is 1. The lowest BCUT2D eigenvalue weighted by atomic mass is 10.2. The molecule has 24 heavy (non-hydrogen) atoms. The van der Waals surface area contributed by atoms with Gasteiger partial charge >= 0.3 is 0 Å². The molecule has 1 heterocycles. The summed E-state index contributed by atoms with van der Waals surface area (Å²) in [5.74, 6) is -0.185. The highest BCUT2D eigenvalue weighted by Crippen LogP contribution is 2.27. The molecule has 3 rings (SSSR count). The van der Waals surface area contributed by atoms with Gasteiger partial charge in [-0.1, -0.05) is 23.2 Å². The molecule has 0 radical (unpaired) electrons. The lowest BCUT2D eigenvalue weighted by molar-refractivity contribution is 0.0997. The predicted octanol–water partition coefficient (Wildman–Crippen LogP) is 4.36. The van der Waals surface area contributed by atoms with Gasteiger partial charge in [0.2, 0.25) is 0 Å². The van der Waals surface area contributed by atoms with Crippen molar-refractivity contribution in [2.75, 3.05) is 12.4 Å². The van der Waals surface area contributed by atoms with Crippen molar-refractivity contribution in [3.63, 3.8) is 0 Å². The number of hydrogen-bond donors (Lipinski definition) is 1. The molecule has 5 nitrogen and oxygen atoms in total. The summed E-state index contributed by atoms with van der Waals surface area (Å²) in [5, 5.41) is 3.70. The largest absolute Gasteiger partial charge is 0.495 e. The molecule has 3 aromatic rings.